The van der Waals surface area contributed by atoms with Gasteiger partial charge in [-0.2, -0.15) is 0 Å². The van der Waals surface area contributed by atoms with E-state index >= 15 is 0 Å². The molecule has 16 heavy (non-hydrogen) atoms. The molecule has 0 aliphatic carbocycles. The standard InChI is InChI=1S/C13H18NO2/c15-12-7-9-14(11-12)8-4-10-16-13-5-2-1-3-6-13/h1-2,5-6,12,15H,4,7-11H2. The van der Waals surface area contributed by atoms with Crippen LogP contribution in [0.3, 0.4) is 0 Å². The van der Waals surface area contributed by atoms with Crippen LogP contribution in [0, 0.1) is 6.07 Å². The van der Waals surface area contributed by atoms with Crippen molar-refractivity contribution in [3.63, 3.8) is 0 Å². The second kappa shape index (κ2) is 5.87. The molecule has 1 aromatic carbocycles. The third kappa shape index (κ3) is 3.51. The molecular formula is C13H18NO2. The van der Waals surface area contributed by atoms with Crippen LogP contribution in [0.1, 0.15) is 12.8 Å². The fraction of sp³-hybridized carbons (Fsp3) is 0.538. The maximum Gasteiger partial charge on any atom is 0.119 e. The van der Waals surface area contributed by atoms with E-state index < -0.39 is 0 Å². The van der Waals surface area contributed by atoms with Gasteiger partial charge in [-0.25, -0.2) is 0 Å². The summed E-state index contributed by atoms with van der Waals surface area (Å²) in [5, 5.41) is 9.36. The van der Waals surface area contributed by atoms with Gasteiger partial charge in [0.1, 0.15) is 5.75 Å². The molecule has 0 aromatic heterocycles. The number of likely N-dealkylation sites (tertiary alicyclic amines) is 1. The number of hydrogen-bond donors (Lipinski definition) is 1. The Kier molecular flexibility index (Phi) is 4.19. The molecule has 0 saturated carbocycles. The first-order chi connectivity index (χ1) is 7.84. The summed E-state index contributed by atoms with van der Waals surface area (Å²) >= 11 is 0. The van der Waals surface area contributed by atoms with Gasteiger partial charge < -0.3 is 14.7 Å². The summed E-state index contributed by atoms with van der Waals surface area (Å²) in [5.41, 5.74) is 0. The van der Waals surface area contributed by atoms with Crippen molar-refractivity contribution in [2.75, 3.05) is 26.2 Å². The normalized spacial score (nSPS) is 21.2. The molecule has 1 radical (unpaired) electrons. The number of β-amino-alcohol motifs (C(OH)–C–C–N with tert-alkyl or cyclic N) is 1. The highest BCUT2D eigenvalue weighted by molar-refractivity contribution is 5.19. The van der Waals surface area contributed by atoms with E-state index in [9.17, 15) is 5.11 Å². The molecule has 1 saturated heterocycles. The molecule has 1 fully saturated rings. The lowest BCUT2D eigenvalue weighted by molar-refractivity contribution is 0.173. The first-order valence-corrected chi connectivity index (χ1v) is 5.84. The molecule has 0 bridgehead atoms. The zero-order valence-corrected chi connectivity index (χ0v) is 9.43. The van der Waals surface area contributed by atoms with Crippen LogP contribution in [-0.4, -0.2) is 42.4 Å². The van der Waals surface area contributed by atoms with Gasteiger partial charge in [0.2, 0.25) is 0 Å². The predicted octanol–water partition coefficient (Wildman–Crippen LogP) is 1.32. The van der Waals surface area contributed by atoms with Crippen LogP contribution in [0.25, 0.3) is 0 Å². The van der Waals surface area contributed by atoms with Gasteiger partial charge in [-0.1, -0.05) is 12.1 Å². The maximum absolute atomic E-state index is 9.36. The molecule has 1 heterocycles. The monoisotopic (exact) mass is 220 g/mol. The van der Waals surface area contributed by atoms with Crippen molar-refractivity contribution in [3.8, 4) is 5.75 Å². The van der Waals surface area contributed by atoms with Crippen LogP contribution >= 0.6 is 0 Å². The van der Waals surface area contributed by atoms with Crippen molar-refractivity contribution in [2.45, 2.75) is 18.9 Å². The molecule has 2 rings (SSSR count). The van der Waals surface area contributed by atoms with E-state index in [1.165, 1.54) is 0 Å². The minimum Gasteiger partial charge on any atom is -0.494 e. The molecule has 1 aromatic rings. The van der Waals surface area contributed by atoms with E-state index in [1.54, 1.807) is 0 Å². The Morgan fingerprint density at radius 3 is 3.19 bits per heavy atom. The zero-order chi connectivity index (χ0) is 11.2. The summed E-state index contributed by atoms with van der Waals surface area (Å²) in [4.78, 5) is 2.28. The van der Waals surface area contributed by atoms with Gasteiger partial charge in [0.15, 0.2) is 0 Å². The Morgan fingerprint density at radius 2 is 2.50 bits per heavy atom. The predicted molar refractivity (Wildman–Crippen MR) is 62.5 cm³/mol. The van der Waals surface area contributed by atoms with Crippen LogP contribution in [0.5, 0.6) is 5.75 Å². The van der Waals surface area contributed by atoms with E-state index in [1.807, 2.05) is 24.3 Å². The second-order valence-corrected chi connectivity index (χ2v) is 4.18. The first kappa shape index (κ1) is 11.4. The Morgan fingerprint density at radius 1 is 1.56 bits per heavy atom. The average Bonchev–Trinajstić information content (AvgIpc) is 2.72. The molecule has 3 heteroatoms. The molecular weight excluding hydrogens is 202 g/mol. The fourth-order valence-corrected chi connectivity index (χ4v) is 1.96. The minimum absolute atomic E-state index is 0.121. The lowest BCUT2D eigenvalue weighted by Gasteiger charge is -2.14. The van der Waals surface area contributed by atoms with E-state index in [0.29, 0.717) is 0 Å². The molecule has 1 aliphatic rings. The SMILES string of the molecule is OC1CCN(CCCOc2c[c]ccc2)C1. The number of ether oxygens (including phenoxy) is 1. The number of nitrogens with zero attached hydrogens (tertiary/aromatic N) is 1. The number of rotatable bonds is 5. The molecule has 1 aliphatic heterocycles. The van der Waals surface area contributed by atoms with Crippen molar-refractivity contribution in [1.29, 1.82) is 0 Å². The zero-order valence-electron chi connectivity index (χ0n) is 9.43. The van der Waals surface area contributed by atoms with Gasteiger partial charge in [-0.3, -0.25) is 0 Å². The quantitative estimate of drug-likeness (QED) is 0.760. The lowest BCUT2D eigenvalue weighted by Crippen LogP contribution is -2.24. The number of aliphatic hydroxyl groups is 1. The molecule has 0 amide bonds. The molecule has 87 valence electrons. The second-order valence-electron chi connectivity index (χ2n) is 4.18. The summed E-state index contributed by atoms with van der Waals surface area (Å²) in [6.45, 7) is 3.57. The number of aliphatic hydroxyl groups excluding tert-OH is 1. The third-order valence-electron chi connectivity index (χ3n) is 2.81. The van der Waals surface area contributed by atoms with Crippen molar-refractivity contribution >= 4 is 0 Å². The van der Waals surface area contributed by atoms with Gasteiger partial charge in [0.25, 0.3) is 0 Å². The van der Waals surface area contributed by atoms with Gasteiger partial charge >= 0.3 is 0 Å². The number of hydrogen-bond acceptors (Lipinski definition) is 3. The van der Waals surface area contributed by atoms with Crippen LogP contribution in [-0.2, 0) is 0 Å². The van der Waals surface area contributed by atoms with Gasteiger partial charge in [0.05, 0.1) is 12.7 Å². The third-order valence-corrected chi connectivity index (χ3v) is 2.81. The Labute approximate surface area is 96.6 Å². The highest BCUT2D eigenvalue weighted by atomic mass is 16.5. The molecule has 1 unspecified atom stereocenters. The van der Waals surface area contributed by atoms with Crippen LogP contribution in [0.15, 0.2) is 24.3 Å². The largest absolute Gasteiger partial charge is 0.494 e. The Balaban J connectivity index is 1.59. The van der Waals surface area contributed by atoms with Gasteiger partial charge in [-0.15, -0.1) is 0 Å². The summed E-state index contributed by atoms with van der Waals surface area (Å²) in [5.74, 6) is 0.879. The van der Waals surface area contributed by atoms with Crippen molar-refractivity contribution in [3.05, 3.63) is 30.3 Å². The molecule has 1 atom stereocenters. The average molecular weight is 220 g/mol. The fourth-order valence-electron chi connectivity index (χ4n) is 1.96. The Hall–Kier alpha value is -1.06. The molecule has 0 spiro atoms. The van der Waals surface area contributed by atoms with Crippen LogP contribution in [0.4, 0.5) is 0 Å². The van der Waals surface area contributed by atoms with Crippen LogP contribution < -0.4 is 4.74 Å². The maximum atomic E-state index is 9.36. The topological polar surface area (TPSA) is 32.7 Å². The minimum atomic E-state index is -0.121. The lowest BCUT2D eigenvalue weighted by atomic mass is 10.3. The molecule has 1 N–H and O–H groups in total. The van der Waals surface area contributed by atoms with Gasteiger partial charge in [0, 0.05) is 19.6 Å². The number of benzene rings is 1. The van der Waals surface area contributed by atoms with E-state index in [-0.39, 0.29) is 6.10 Å². The van der Waals surface area contributed by atoms with E-state index in [2.05, 4.69) is 11.0 Å². The Bertz CT molecular complexity index is 302. The summed E-state index contributed by atoms with van der Waals surface area (Å²) in [6.07, 6.45) is 1.79. The van der Waals surface area contributed by atoms with Crippen molar-refractivity contribution in [1.82, 2.24) is 4.90 Å². The van der Waals surface area contributed by atoms with Gasteiger partial charge in [-0.05, 0) is 31.0 Å². The smallest absolute Gasteiger partial charge is 0.119 e. The summed E-state index contributed by atoms with van der Waals surface area (Å²) < 4.78 is 5.57. The van der Waals surface area contributed by atoms with Crippen molar-refractivity contribution < 1.29 is 9.84 Å². The van der Waals surface area contributed by atoms with Crippen LogP contribution in [0.2, 0.25) is 0 Å². The summed E-state index contributed by atoms with van der Waals surface area (Å²) in [6, 6.07) is 10.6. The summed E-state index contributed by atoms with van der Waals surface area (Å²) in [7, 11) is 0. The van der Waals surface area contributed by atoms with E-state index in [0.717, 1.165) is 44.8 Å². The first-order valence-electron chi connectivity index (χ1n) is 5.84. The van der Waals surface area contributed by atoms with Crippen molar-refractivity contribution in [2.24, 2.45) is 0 Å². The highest BCUT2D eigenvalue weighted by Gasteiger charge is 2.18. The molecule has 3 nitrogen and oxygen atoms in total. The van der Waals surface area contributed by atoms with E-state index in [4.69, 9.17) is 4.74 Å². The highest BCUT2D eigenvalue weighted by Crippen LogP contribution is 2.10.